The van der Waals surface area contributed by atoms with Gasteiger partial charge in [0, 0.05) is 33.0 Å². The number of rotatable bonds is 8. The predicted octanol–water partition coefficient (Wildman–Crippen LogP) is 16.7. The van der Waals surface area contributed by atoms with Gasteiger partial charge >= 0.3 is 0 Å². The second kappa shape index (κ2) is 16.2. The number of benzene rings is 10. The molecule has 2 aromatic heterocycles. The van der Waals surface area contributed by atoms with E-state index in [0.717, 1.165) is 83.4 Å². The highest BCUT2D eigenvalue weighted by Gasteiger charge is 2.46. The maximum Gasteiger partial charge on any atom is 0.160 e. The van der Waals surface area contributed by atoms with Crippen LogP contribution in [0.5, 0.6) is 0 Å². The van der Waals surface area contributed by atoms with E-state index in [-0.39, 0.29) is 0 Å². The van der Waals surface area contributed by atoms with Gasteiger partial charge in [-0.25, -0.2) is 9.97 Å². The first-order valence-electron chi connectivity index (χ1n) is 23.2. The van der Waals surface area contributed by atoms with Crippen LogP contribution in [0.4, 0.5) is 0 Å². The van der Waals surface area contributed by atoms with Gasteiger partial charge in [-0.3, -0.25) is 0 Å². The molecule has 3 nitrogen and oxygen atoms in total. The first-order valence-corrected chi connectivity index (χ1v) is 23.2. The summed E-state index contributed by atoms with van der Waals surface area (Å²) in [4.78, 5) is 10.2. The Bertz CT molecular complexity index is 3740. The molecule has 0 fully saturated rings. The molecule has 0 amide bonds. The molecular weight excluding hydrogens is 825 g/mol. The topological polar surface area (TPSA) is 38.9 Å². The van der Waals surface area contributed by atoms with Crippen LogP contribution in [-0.2, 0) is 5.41 Å². The van der Waals surface area contributed by atoms with Crippen LogP contribution in [-0.4, -0.2) is 9.97 Å². The molecule has 0 saturated carbocycles. The molecule has 12 aromatic rings. The number of aromatic nitrogens is 2. The monoisotopic (exact) mass is 866 g/mol. The number of hydrogen-bond acceptors (Lipinski definition) is 3. The second-order valence-electron chi connectivity index (χ2n) is 17.6. The highest BCUT2D eigenvalue weighted by Crippen LogP contribution is 2.58. The normalized spacial score (nSPS) is 12.5. The van der Waals surface area contributed by atoms with Crippen LogP contribution in [0, 0.1) is 0 Å². The Morgan fingerprint density at radius 2 is 0.809 bits per heavy atom. The van der Waals surface area contributed by atoms with Crippen LogP contribution >= 0.6 is 0 Å². The van der Waals surface area contributed by atoms with Gasteiger partial charge < -0.3 is 4.42 Å². The summed E-state index contributed by atoms with van der Waals surface area (Å²) in [7, 11) is 0. The van der Waals surface area contributed by atoms with Crippen molar-refractivity contribution in [3.05, 3.63) is 277 Å². The third kappa shape index (κ3) is 6.43. The molecular formula is C65H42N2O. The van der Waals surface area contributed by atoms with Crippen LogP contribution in [0.2, 0.25) is 0 Å². The first-order chi connectivity index (χ1) is 33.7. The number of furan rings is 1. The van der Waals surface area contributed by atoms with E-state index in [0.29, 0.717) is 5.82 Å². The minimum absolute atomic E-state index is 0.562. The molecule has 10 aromatic carbocycles. The van der Waals surface area contributed by atoms with Crippen molar-refractivity contribution >= 4 is 21.9 Å². The molecule has 0 aliphatic heterocycles. The van der Waals surface area contributed by atoms with E-state index >= 15 is 0 Å². The molecule has 0 N–H and O–H groups in total. The lowest BCUT2D eigenvalue weighted by Crippen LogP contribution is -2.28. The number of para-hydroxylation sites is 2. The average Bonchev–Trinajstić information content (AvgIpc) is 3.95. The van der Waals surface area contributed by atoms with Crippen molar-refractivity contribution in [1.29, 1.82) is 0 Å². The van der Waals surface area contributed by atoms with E-state index in [4.69, 9.17) is 14.4 Å². The Morgan fingerprint density at radius 3 is 1.53 bits per heavy atom. The molecule has 1 aliphatic rings. The zero-order valence-corrected chi connectivity index (χ0v) is 37.1. The van der Waals surface area contributed by atoms with Gasteiger partial charge in [0.15, 0.2) is 5.82 Å². The summed E-state index contributed by atoms with van der Waals surface area (Å²) in [5.41, 5.74) is 20.1. The first kappa shape index (κ1) is 39.4. The van der Waals surface area contributed by atoms with Crippen molar-refractivity contribution in [2.75, 3.05) is 0 Å². The number of fused-ring (bicyclic) bond motifs is 6. The Hall–Kier alpha value is -8.92. The van der Waals surface area contributed by atoms with Crippen LogP contribution < -0.4 is 0 Å². The van der Waals surface area contributed by atoms with Crippen molar-refractivity contribution in [1.82, 2.24) is 9.97 Å². The minimum atomic E-state index is -0.562. The van der Waals surface area contributed by atoms with Gasteiger partial charge in [-0.15, -0.1) is 0 Å². The van der Waals surface area contributed by atoms with Gasteiger partial charge in [0.1, 0.15) is 11.2 Å². The highest BCUT2D eigenvalue weighted by molar-refractivity contribution is 6.11. The fourth-order valence-electron chi connectivity index (χ4n) is 10.7. The molecule has 0 saturated heterocycles. The molecule has 318 valence electrons. The zero-order valence-electron chi connectivity index (χ0n) is 37.1. The van der Waals surface area contributed by atoms with Gasteiger partial charge in [0.2, 0.25) is 0 Å². The van der Waals surface area contributed by atoms with Crippen LogP contribution in [0.15, 0.2) is 259 Å². The van der Waals surface area contributed by atoms with Crippen molar-refractivity contribution in [2.24, 2.45) is 0 Å². The summed E-state index contributed by atoms with van der Waals surface area (Å²) >= 11 is 0. The lowest BCUT2D eigenvalue weighted by atomic mass is 9.67. The lowest BCUT2D eigenvalue weighted by molar-refractivity contribution is 0.670. The molecule has 3 heteroatoms. The lowest BCUT2D eigenvalue weighted by Gasteiger charge is -2.34. The second-order valence-corrected chi connectivity index (χ2v) is 17.6. The molecule has 1 aliphatic carbocycles. The minimum Gasteiger partial charge on any atom is -0.455 e. The Balaban J connectivity index is 1.03. The Morgan fingerprint density at radius 1 is 0.294 bits per heavy atom. The predicted molar refractivity (Wildman–Crippen MR) is 279 cm³/mol. The number of hydrogen-bond donors (Lipinski definition) is 0. The fraction of sp³-hybridized carbons (Fsp3) is 0.0154. The summed E-state index contributed by atoms with van der Waals surface area (Å²) in [6.07, 6.45) is 0. The zero-order chi connectivity index (χ0) is 45.0. The van der Waals surface area contributed by atoms with E-state index in [2.05, 4.69) is 224 Å². The van der Waals surface area contributed by atoms with Crippen molar-refractivity contribution in [2.45, 2.75) is 5.41 Å². The van der Waals surface area contributed by atoms with E-state index in [9.17, 15) is 0 Å². The SMILES string of the molecule is c1ccc(-c2cc(-c3cccc(-c4cccc(-c5cc6c(cc5-c5cccc7c5oc5ccccc57)-c5ccccc5C6(c5ccccc5)c5ccccc5)c4)c3)nc(-c3ccccc3)n2)cc1. The Kier molecular flexibility index (Phi) is 9.40. The summed E-state index contributed by atoms with van der Waals surface area (Å²) < 4.78 is 6.81. The van der Waals surface area contributed by atoms with Gasteiger partial charge in [0.05, 0.1) is 16.8 Å². The average molecular weight is 867 g/mol. The molecule has 0 radical (unpaired) electrons. The fourth-order valence-corrected chi connectivity index (χ4v) is 10.7. The summed E-state index contributed by atoms with van der Waals surface area (Å²) in [5.74, 6) is 0.696. The molecule has 2 heterocycles. The van der Waals surface area contributed by atoms with Crippen molar-refractivity contribution in [3.8, 4) is 78.4 Å². The van der Waals surface area contributed by atoms with E-state index in [1.165, 1.54) is 33.4 Å². The van der Waals surface area contributed by atoms with Crippen molar-refractivity contribution < 1.29 is 4.42 Å². The maximum atomic E-state index is 6.81. The largest absolute Gasteiger partial charge is 0.455 e. The summed E-state index contributed by atoms with van der Waals surface area (Å²) in [5, 5.41) is 2.22. The molecule has 0 atom stereocenters. The van der Waals surface area contributed by atoms with Crippen LogP contribution in [0.3, 0.4) is 0 Å². The van der Waals surface area contributed by atoms with Gasteiger partial charge in [-0.2, -0.15) is 0 Å². The van der Waals surface area contributed by atoms with Gasteiger partial charge in [0.25, 0.3) is 0 Å². The van der Waals surface area contributed by atoms with Crippen LogP contribution in [0.1, 0.15) is 22.3 Å². The maximum absolute atomic E-state index is 6.81. The third-order valence-corrected chi connectivity index (χ3v) is 13.8. The van der Waals surface area contributed by atoms with E-state index < -0.39 is 5.41 Å². The highest BCUT2D eigenvalue weighted by atomic mass is 16.3. The van der Waals surface area contributed by atoms with Crippen LogP contribution in [0.25, 0.3) is 100 Å². The van der Waals surface area contributed by atoms with Gasteiger partial charge in [-0.1, -0.05) is 218 Å². The Labute approximate surface area is 395 Å². The standard InChI is InChI=1S/C65H42N2O/c1-5-20-43(21-6-1)60-42-61(67-64(66-60)44-22-7-2-8-23-44)48-27-18-25-46(39-48)45-24-17-26-47(38-45)55-41-59-57(40-56(55)54-35-19-34-53-52-33-14-16-37-62(52)68-63(53)54)51-32-13-15-36-58(51)65(59,49-28-9-3-10-29-49)50-30-11-4-12-31-50/h1-42H. The quantitative estimate of drug-likeness (QED) is 0.153. The molecule has 0 unspecified atom stereocenters. The molecule has 0 bridgehead atoms. The third-order valence-electron chi connectivity index (χ3n) is 13.8. The summed E-state index contributed by atoms with van der Waals surface area (Å²) in [6.45, 7) is 0. The number of nitrogens with zero attached hydrogens (tertiary/aromatic N) is 2. The summed E-state index contributed by atoms with van der Waals surface area (Å²) in [6, 6.07) is 91.4. The molecule has 0 spiro atoms. The van der Waals surface area contributed by atoms with Gasteiger partial charge in [-0.05, 0) is 97.6 Å². The van der Waals surface area contributed by atoms with E-state index in [1.54, 1.807) is 0 Å². The van der Waals surface area contributed by atoms with E-state index in [1.807, 2.05) is 30.3 Å². The molecule has 68 heavy (non-hydrogen) atoms. The molecule has 13 rings (SSSR count). The smallest absolute Gasteiger partial charge is 0.160 e. The van der Waals surface area contributed by atoms with Crippen molar-refractivity contribution in [3.63, 3.8) is 0 Å².